The van der Waals surface area contributed by atoms with Crippen LogP contribution in [0.4, 0.5) is 0 Å². The highest BCUT2D eigenvalue weighted by Gasteiger charge is 2.67. The molecule has 0 bridgehead atoms. The molecule has 2 aromatic rings. The van der Waals surface area contributed by atoms with E-state index < -0.39 is 81.4 Å². The predicted octanol–water partition coefficient (Wildman–Crippen LogP) is 1.52. The summed E-state index contributed by atoms with van der Waals surface area (Å²) in [5.41, 5.74) is 2.55. The van der Waals surface area contributed by atoms with Crippen molar-refractivity contribution in [3.63, 3.8) is 0 Å². The Morgan fingerprint density at radius 1 is 1.05 bits per heavy atom. The summed E-state index contributed by atoms with van der Waals surface area (Å²) in [6.07, 6.45) is -1.70. The number of aliphatic hydroxyl groups excluding tert-OH is 3. The Morgan fingerprint density at radius 3 is 2.29 bits per heavy atom. The van der Waals surface area contributed by atoms with E-state index >= 15 is 0 Å². The third-order valence-electron chi connectivity index (χ3n) is 8.69. The van der Waals surface area contributed by atoms with E-state index in [1.807, 2.05) is 0 Å². The molecule has 3 aliphatic rings. The standard InChI is InChI=1S/C30H30N2O9/c1-11-17-15(14-7-5-6-13(10-14)12(2)33)8-9-16(34)19(17)24(35)20-18(11)25(36)22-23(32(3)4)26(37)21(29(31)40)28(39)30(22,41)27(20)38/h5-11,18,22-23,25,34,36-38,41H,1-4H3,(H2,31,40). The summed E-state index contributed by atoms with van der Waals surface area (Å²) >= 11 is 0. The first kappa shape index (κ1) is 28.2. The Morgan fingerprint density at radius 2 is 1.71 bits per heavy atom. The topological polar surface area (TPSA) is 199 Å². The average molecular weight is 563 g/mol. The summed E-state index contributed by atoms with van der Waals surface area (Å²) in [7, 11) is 2.95. The second-order valence-electron chi connectivity index (χ2n) is 11.1. The lowest BCUT2D eigenvalue weighted by Crippen LogP contribution is -2.68. The summed E-state index contributed by atoms with van der Waals surface area (Å²) in [6, 6.07) is 8.20. The van der Waals surface area contributed by atoms with Crippen LogP contribution in [0, 0.1) is 11.8 Å². The van der Waals surface area contributed by atoms with Crippen molar-refractivity contribution in [2.24, 2.45) is 17.6 Å². The molecule has 1 amide bonds. The van der Waals surface area contributed by atoms with Crippen LogP contribution in [-0.4, -0.2) is 85.5 Å². The fraction of sp³-hybridized carbons (Fsp3) is 0.333. The maximum absolute atomic E-state index is 14.0. The highest BCUT2D eigenvalue weighted by molar-refractivity contribution is 6.25. The minimum atomic E-state index is -2.98. The Balaban J connectivity index is 1.80. The third-order valence-corrected chi connectivity index (χ3v) is 8.69. The summed E-state index contributed by atoms with van der Waals surface area (Å²) in [6.45, 7) is 3.07. The summed E-state index contributed by atoms with van der Waals surface area (Å²) in [5.74, 6) is -9.79. The van der Waals surface area contributed by atoms with E-state index in [-0.39, 0.29) is 11.3 Å². The fourth-order valence-corrected chi connectivity index (χ4v) is 6.86. The molecular weight excluding hydrogens is 532 g/mol. The van der Waals surface area contributed by atoms with Crippen molar-refractivity contribution in [1.29, 1.82) is 0 Å². The minimum absolute atomic E-state index is 0.180. The number of phenolic OH excluding ortho intramolecular Hbond substituents is 1. The maximum atomic E-state index is 14.0. The molecular formula is C30H30N2O9. The summed E-state index contributed by atoms with van der Waals surface area (Å²) in [4.78, 5) is 53.1. The normalized spacial score (nSPS) is 29.3. The second kappa shape index (κ2) is 9.37. The zero-order valence-electron chi connectivity index (χ0n) is 22.7. The lowest BCUT2D eigenvalue weighted by atomic mass is 9.55. The number of hydrogen-bond donors (Lipinski definition) is 6. The van der Waals surface area contributed by atoms with Crippen molar-refractivity contribution in [3.8, 4) is 16.9 Å². The van der Waals surface area contributed by atoms with Crippen LogP contribution in [0.1, 0.15) is 46.0 Å². The van der Waals surface area contributed by atoms with Crippen LogP contribution in [0.15, 0.2) is 59.1 Å². The van der Waals surface area contributed by atoms with E-state index in [9.17, 15) is 44.7 Å². The molecule has 0 saturated heterocycles. The molecule has 214 valence electrons. The van der Waals surface area contributed by atoms with Gasteiger partial charge in [0.2, 0.25) is 5.78 Å². The third kappa shape index (κ3) is 3.69. The quantitative estimate of drug-likeness (QED) is 0.235. The zero-order chi connectivity index (χ0) is 30.3. The number of hydrogen-bond acceptors (Lipinski definition) is 10. The molecule has 0 aliphatic heterocycles. The number of aliphatic hydroxyl groups is 4. The van der Waals surface area contributed by atoms with E-state index in [1.165, 1.54) is 32.0 Å². The number of amides is 1. The first-order valence-electron chi connectivity index (χ1n) is 13.0. The van der Waals surface area contributed by atoms with Crippen molar-refractivity contribution in [1.82, 2.24) is 4.90 Å². The van der Waals surface area contributed by atoms with Gasteiger partial charge >= 0.3 is 0 Å². The van der Waals surface area contributed by atoms with Gasteiger partial charge < -0.3 is 31.3 Å². The Labute approximate surface area is 234 Å². The first-order chi connectivity index (χ1) is 19.2. The number of phenols is 1. The minimum Gasteiger partial charge on any atom is -0.510 e. The molecule has 5 rings (SSSR count). The molecule has 0 saturated carbocycles. The molecule has 11 nitrogen and oxygen atoms in total. The number of likely N-dealkylation sites (N-methyl/N-ethyl adjacent to an activating group) is 1. The molecule has 0 aromatic heterocycles. The van der Waals surface area contributed by atoms with Crippen LogP contribution in [0.25, 0.3) is 11.1 Å². The number of ketones is 3. The molecule has 6 unspecified atom stereocenters. The molecule has 0 fully saturated rings. The monoisotopic (exact) mass is 562 g/mol. The molecule has 2 aromatic carbocycles. The van der Waals surface area contributed by atoms with E-state index in [0.29, 0.717) is 22.3 Å². The van der Waals surface area contributed by atoms with Crippen molar-refractivity contribution in [2.75, 3.05) is 14.1 Å². The van der Waals surface area contributed by atoms with Crippen LogP contribution in [-0.2, 0) is 9.59 Å². The second-order valence-corrected chi connectivity index (χ2v) is 11.1. The smallest absolute Gasteiger partial charge is 0.255 e. The van der Waals surface area contributed by atoms with Crippen molar-refractivity contribution in [3.05, 3.63) is 75.8 Å². The largest absolute Gasteiger partial charge is 0.510 e. The van der Waals surface area contributed by atoms with Gasteiger partial charge in [-0.25, -0.2) is 0 Å². The van der Waals surface area contributed by atoms with Crippen LogP contribution >= 0.6 is 0 Å². The van der Waals surface area contributed by atoms with E-state index in [4.69, 9.17) is 5.73 Å². The number of fused-ring (bicyclic) bond motifs is 3. The number of nitrogens with zero attached hydrogens (tertiary/aromatic N) is 1. The lowest BCUT2D eigenvalue weighted by Gasteiger charge is -2.53. The molecule has 41 heavy (non-hydrogen) atoms. The Kier molecular flexibility index (Phi) is 6.45. The van der Waals surface area contributed by atoms with Crippen LogP contribution in [0.3, 0.4) is 0 Å². The van der Waals surface area contributed by atoms with E-state index in [1.54, 1.807) is 37.3 Å². The number of nitrogens with two attached hydrogens (primary N) is 1. The highest BCUT2D eigenvalue weighted by atomic mass is 16.4. The van der Waals surface area contributed by atoms with E-state index in [0.717, 1.165) is 0 Å². The van der Waals surface area contributed by atoms with Gasteiger partial charge in [0.25, 0.3) is 5.91 Å². The molecule has 0 heterocycles. The van der Waals surface area contributed by atoms with Gasteiger partial charge in [-0.1, -0.05) is 31.2 Å². The number of carbonyl (C=O) groups is 4. The summed E-state index contributed by atoms with van der Waals surface area (Å²) in [5, 5.41) is 56.9. The van der Waals surface area contributed by atoms with Gasteiger partial charge in [0.05, 0.1) is 23.6 Å². The summed E-state index contributed by atoms with van der Waals surface area (Å²) < 4.78 is 0. The van der Waals surface area contributed by atoms with Gasteiger partial charge in [0.15, 0.2) is 17.2 Å². The highest BCUT2D eigenvalue weighted by Crippen LogP contribution is 2.56. The zero-order valence-corrected chi connectivity index (χ0v) is 22.7. The maximum Gasteiger partial charge on any atom is 0.255 e. The first-order valence-corrected chi connectivity index (χ1v) is 13.0. The van der Waals surface area contributed by atoms with Gasteiger partial charge in [-0.3, -0.25) is 24.1 Å². The SMILES string of the molecule is CC(=O)c1cccc(-c2ccc(O)c3c2C(C)C2C(=C(O)C4(O)C(=O)C(C(N)=O)=C(O)C(N(C)C)C4C2O)C3=O)c1. The van der Waals surface area contributed by atoms with Crippen LogP contribution < -0.4 is 5.73 Å². The lowest BCUT2D eigenvalue weighted by molar-refractivity contribution is -0.162. The number of primary amides is 1. The Bertz CT molecular complexity index is 1620. The predicted molar refractivity (Wildman–Crippen MR) is 145 cm³/mol. The van der Waals surface area contributed by atoms with Gasteiger partial charge in [0, 0.05) is 17.1 Å². The van der Waals surface area contributed by atoms with Gasteiger partial charge in [-0.05, 0) is 55.8 Å². The van der Waals surface area contributed by atoms with Gasteiger partial charge in [-0.15, -0.1) is 0 Å². The molecule has 0 radical (unpaired) electrons. The number of benzene rings is 2. The number of aromatic hydroxyl groups is 1. The van der Waals surface area contributed by atoms with Crippen molar-refractivity contribution < 1.29 is 44.7 Å². The molecule has 0 spiro atoms. The molecule has 7 N–H and O–H groups in total. The average Bonchev–Trinajstić information content (AvgIpc) is 2.90. The fourth-order valence-electron chi connectivity index (χ4n) is 6.86. The number of rotatable bonds is 4. The molecule has 11 heteroatoms. The van der Waals surface area contributed by atoms with Crippen molar-refractivity contribution in [2.45, 2.75) is 37.5 Å². The number of Topliss-reactive ketones (excluding diaryl/α,β-unsaturated/α-hetero) is 3. The van der Waals surface area contributed by atoms with Crippen molar-refractivity contribution >= 4 is 23.3 Å². The van der Waals surface area contributed by atoms with Crippen LogP contribution in [0.5, 0.6) is 5.75 Å². The van der Waals surface area contributed by atoms with Gasteiger partial charge in [0.1, 0.15) is 22.8 Å². The van der Waals surface area contributed by atoms with Gasteiger partial charge in [-0.2, -0.15) is 0 Å². The molecule has 6 atom stereocenters. The van der Waals surface area contributed by atoms with Crippen LogP contribution in [0.2, 0.25) is 0 Å². The number of carbonyl (C=O) groups excluding carboxylic acids is 4. The molecule has 3 aliphatic carbocycles. The Hall–Kier alpha value is -4.32. The van der Waals surface area contributed by atoms with E-state index in [2.05, 4.69) is 0 Å².